The van der Waals surface area contributed by atoms with E-state index in [1.165, 1.54) is 12.1 Å². The molecule has 1 fully saturated rings. The first-order valence-corrected chi connectivity index (χ1v) is 8.98. The van der Waals surface area contributed by atoms with Crippen molar-refractivity contribution in [2.75, 3.05) is 32.7 Å². The molecule has 1 aliphatic rings. The molecule has 146 valence electrons. The monoisotopic (exact) mass is 476 g/mol. The zero-order valence-electron chi connectivity index (χ0n) is 15.8. The van der Waals surface area contributed by atoms with Gasteiger partial charge in [0, 0.05) is 31.6 Å². The molecule has 0 atom stereocenters. The lowest BCUT2D eigenvalue weighted by molar-refractivity contribution is -0.128. The summed E-state index contributed by atoms with van der Waals surface area (Å²) < 4.78 is 13.1. The number of likely N-dealkylation sites (tertiary alicyclic amines) is 1. The van der Waals surface area contributed by atoms with Crippen molar-refractivity contribution in [1.29, 1.82) is 0 Å². The molecule has 0 unspecified atom stereocenters. The summed E-state index contributed by atoms with van der Waals surface area (Å²) in [6, 6.07) is 6.56. The van der Waals surface area contributed by atoms with Crippen LogP contribution >= 0.6 is 24.0 Å². The van der Waals surface area contributed by atoms with E-state index in [1.54, 1.807) is 12.1 Å². The summed E-state index contributed by atoms with van der Waals surface area (Å²) in [5.74, 6) is 0.473. The molecule has 2 rings (SSSR count). The number of hydrogen-bond donors (Lipinski definition) is 2. The third-order valence-electron chi connectivity index (χ3n) is 4.50. The Hall–Kier alpha value is -1.38. The van der Waals surface area contributed by atoms with E-state index < -0.39 is 0 Å². The van der Waals surface area contributed by atoms with Gasteiger partial charge in [-0.25, -0.2) is 9.38 Å². The van der Waals surface area contributed by atoms with Crippen LogP contribution in [0.25, 0.3) is 0 Å². The zero-order valence-corrected chi connectivity index (χ0v) is 18.2. The highest BCUT2D eigenvalue weighted by Crippen LogP contribution is 2.22. The van der Waals surface area contributed by atoms with E-state index in [0.29, 0.717) is 12.5 Å². The van der Waals surface area contributed by atoms with Crippen molar-refractivity contribution in [3.8, 4) is 0 Å². The maximum atomic E-state index is 13.1. The summed E-state index contributed by atoms with van der Waals surface area (Å²) in [4.78, 5) is 18.4. The van der Waals surface area contributed by atoms with Gasteiger partial charge in [0.2, 0.25) is 5.91 Å². The van der Waals surface area contributed by atoms with Crippen LogP contribution in [0.5, 0.6) is 0 Å². The van der Waals surface area contributed by atoms with Crippen molar-refractivity contribution in [1.82, 2.24) is 15.5 Å². The predicted octanol–water partition coefficient (Wildman–Crippen LogP) is 2.90. The number of amides is 1. The maximum Gasteiger partial charge on any atom is 0.244 e. The Balaban J connectivity index is 0.00000338. The van der Waals surface area contributed by atoms with Crippen molar-refractivity contribution < 1.29 is 9.18 Å². The molecule has 1 saturated heterocycles. The first-order valence-electron chi connectivity index (χ1n) is 8.98. The summed E-state index contributed by atoms with van der Waals surface area (Å²) in [5, 5.41) is 6.46. The molecule has 26 heavy (non-hydrogen) atoms. The minimum atomic E-state index is -0.233. The molecule has 0 aliphatic carbocycles. The number of aliphatic imine (C=N–C) groups is 1. The maximum absolute atomic E-state index is 13.1. The second kappa shape index (κ2) is 10.7. The van der Waals surface area contributed by atoms with Gasteiger partial charge in [-0.05, 0) is 37.5 Å². The van der Waals surface area contributed by atoms with Gasteiger partial charge in [-0.1, -0.05) is 26.0 Å². The molecule has 1 amide bonds. The van der Waals surface area contributed by atoms with Gasteiger partial charge in [-0.3, -0.25) is 4.79 Å². The molecular formula is C19H30FIN4O. The third-order valence-corrected chi connectivity index (χ3v) is 4.50. The summed E-state index contributed by atoms with van der Waals surface area (Å²) in [5.41, 5.74) is 0.855. The Morgan fingerprint density at radius 1 is 1.19 bits per heavy atom. The van der Waals surface area contributed by atoms with E-state index >= 15 is 0 Å². The van der Waals surface area contributed by atoms with Gasteiger partial charge in [0.05, 0.1) is 0 Å². The first kappa shape index (κ1) is 22.7. The summed E-state index contributed by atoms with van der Waals surface area (Å²) in [7, 11) is 0. The molecule has 0 spiro atoms. The van der Waals surface area contributed by atoms with E-state index in [0.717, 1.165) is 38.0 Å². The van der Waals surface area contributed by atoms with Gasteiger partial charge in [-0.2, -0.15) is 0 Å². The number of halogens is 2. The number of hydrogen-bond acceptors (Lipinski definition) is 2. The lowest BCUT2D eigenvalue weighted by Gasteiger charge is -2.27. The minimum Gasteiger partial charge on any atom is -0.357 e. The summed E-state index contributed by atoms with van der Waals surface area (Å²) >= 11 is 0. The van der Waals surface area contributed by atoms with Crippen LogP contribution < -0.4 is 10.6 Å². The molecule has 7 heteroatoms. The molecule has 0 radical (unpaired) electrons. The van der Waals surface area contributed by atoms with E-state index in [4.69, 9.17) is 0 Å². The van der Waals surface area contributed by atoms with E-state index in [9.17, 15) is 9.18 Å². The molecule has 5 nitrogen and oxygen atoms in total. The number of carbonyl (C=O) groups excluding carboxylic acids is 1. The molecule has 0 saturated carbocycles. The van der Waals surface area contributed by atoms with Gasteiger partial charge in [0.15, 0.2) is 5.96 Å². The van der Waals surface area contributed by atoms with E-state index in [-0.39, 0.29) is 47.7 Å². The summed E-state index contributed by atoms with van der Waals surface area (Å²) in [6.45, 7) is 9.37. The topological polar surface area (TPSA) is 56.7 Å². The number of nitrogens with one attached hydrogen (secondary N) is 2. The van der Waals surface area contributed by atoms with Crippen LogP contribution in [0, 0.1) is 5.82 Å². The Labute approximate surface area is 172 Å². The molecule has 2 N–H and O–H groups in total. The molecule has 0 bridgehead atoms. The highest BCUT2D eigenvalue weighted by molar-refractivity contribution is 14.0. The van der Waals surface area contributed by atoms with Crippen molar-refractivity contribution in [3.63, 3.8) is 0 Å². The van der Waals surface area contributed by atoms with Crippen molar-refractivity contribution in [2.24, 2.45) is 4.99 Å². The van der Waals surface area contributed by atoms with Crippen LogP contribution in [-0.2, 0) is 10.2 Å². The Morgan fingerprint density at radius 2 is 1.81 bits per heavy atom. The summed E-state index contributed by atoms with van der Waals surface area (Å²) in [6.07, 6.45) is 2.17. The van der Waals surface area contributed by atoms with Crippen LogP contribution in [0.3, 0.4) is 0 Å². The fraction of sp³-hybridized carbons (Fsp3) is 0.579. The van der Waals surface area contributed by atoms with Crippen LogP contribution in [-0.4, -0.2) is 49.5 Å². The van der Waals surface area contributed by atoms with Gasteiger partial charge < -0.3 is 15.5 Å². The van der Waals surface area contributed by atoms with Gasteiger partial charge in [0.1, 0.15) is 12.4 Å². The number of guanidine groups is 1. The van der Waals surface area contributed by atoms with Crippen molar-refractivity contribution >= 4 is 35.8 Å². The lowest BCUT2D eigenvalue weighted by atomic mass is 9.84. The standard InChI is InChI=1S/C19H29FN4O.HI/c1-4-21-18(22-13-17(25)24-11-5-6-12-24)23-14-19(2,3)15-7-9-16(20)10-8-15;/h7-10H,4-6,11-14H2,1-3H3,(H2,21,22,23);1H. The highest BCUT2D eigenvalue weighted by atomic mass is 127. The average molecular weight is 476 g/mol. The fourth-order valence-corrected chi connectivity index (χ4v) is 2.86. The lowest BCUT2D eigenvalue weighted by Crippen LogP contribution is -2.44. The number of rotatable bonds is 6. The van der Waals surface area contributed by atoms with Crippen LogP contribution in [0.2, 0.25) is 0 Å². The normalized spacial score (nSPS) is 14.8. The van der Waals surface area contributed by atoms with Gasteiger partial charge in [-0.15, -0.1) is 24.0 Å². The van der Waals surface area contributed by atoms with Crippen molar-refractivity contribution in [2.45, 2.75) is 39.0 Å². The smallest absolute Gasteiger partial charge is 0.244 e. The van der Waals surface area contributed by atoms with Crippen LogP contribution in [0.1, 0.15) is 39.2 Å². The van der Waals surface area contributed by atoms with E-state index in [1.807, 2.05) is 11.8 Å². The number of nitrogens with zero attached hydrogens (tertiary/aromatic N) is 2. The molecule has 1 heterocycles. The van der Waals surface area contributed by atoms with Crippen LogP contribution in [0.4, 0.5) is 4.39 Å². The van der Waals surface area contributed by atoms with Crippen LogP contribution in [0.15, 0.2) is 29.3 Å². The number of benzene rings is 1. The number of carbonyl (C=O) groups is 1. The first-order chi connectivity index (χ1) is 11.9. The Kier molecular flexibility index (Phi) is 9.32. The SMILES string of the molecule is CCNC(=NCC(=O)N1CCCC1)NCC(C)(C)c1ccc(F)cc1.I. The molecular weight excluding hydrogens is 446 g/mol. The third kappa shape index (κ3) is 6.74. The highest BCUT2D eigenvalue weighted by Gasteiger charge is 2.21. The van der Waals surface area contributed by atoms with Gasteiger partial charge >= 0.3 is 0 Å². The molecule has 1 aromatic rings. The largest absolute Gasteiger partial charge is 0.357 e. The van der Waals surface area contributed by atoms with Gasteiger partial charge in [0.25, 0.3) is 0 Å². The van der Waals surface area contributed by atoms with Crippen molar-refractivity contribution in [3.05, 3.63) is 35.6 Å². The Bertz CT molecular complexity index is 598. The second-order valence-electron chi connectivity index (χ2n) is 7.03. The quantitative estimate of drug-likeness (QED) is 0.377. The zero-order chi connectivity index (χ0) is 18.3. The minimum absolute atomic E-state index is 0. The Morgan fingerprint density at radius 3 is 2.38 bits per heavy atom. The fourth-order valence-electron chi connectivity index (χ4n) is 2.86. The molecule has 1 aliphatic heterocycles. The second-order valence-corrected chi connectivity index (χ2v) is 7.03. The predicted molar refractivity (Wildman–Crippen MR) is 115 cm³/mol. The molecule has 1 aromatic carbocycles. The average Bonchev–Trinajstić information content (AvgIpc) is 3.12. The van der Waals surface area contributed by atoms with E-state index in [2.05, 4.69) is 29.5 Å². The molecule has 0 aromatic heterocycles.